The van der Waals surface area contributed by atoms with Gasteiger partial charge in [0.15, 0.2) is 5.69 Å². The molecule has 23 heavy (non-hydrogen) atoms. The largest absolute Gasteiger partial charge is 0.349 e. The van der Waals surface area contributed by atoms with E-state index in [-0.39, 0.29) is 11.1 Å². The summed E-state index contributed by atoms with van der Waals surface area (Å²) in [6.45, 7) is 5.46. The Morgan fingerprint density at radius 3 is 2.78 bits per heavy atom. The smallest absolute Gasteiger partial charge is 0.275 e. The van der Waals surface area contributed by atoms with E-state index in [2.05, 4.69) is 15.3 Å². The van der Waals surface area contributed by atoms with Crippen LogP contribution in [0.3, 0.4) is 0 Å². The zero-order valence-electron chi connectivity index (χ0n) is 13.6. The third kappa shape index (κ3) is 3.27. The number of aryl methyl sites for hydroxylation is 2. The first-order valence-electron chi connectivity index (χ1n) is 8.04. The molecule has 0 radical (unpaired) electrons. The molecule has 0 saturated carbocycles. The molecule has 1 aliphatic rings. The summed E-state index contributed by atoms with van der Waals surface area (Å²) >= 11 is 0. The van der Waals surface area contributed by atoms with E-state index in [4.69, 9.17) is 0 Å². The molecule has 1 saturated heterocycles. The first kappa shape index (κ1) is 15.7. The summed E-state index contributed by atoms with van der Waals surface area (Å²) < 4.78 is 1.59. The van der Waals surface area contributed by atoms with Crippen LogP contribution < -0.4 is 10.7 Å². The Labute approximate surface area is 135 Å². The standard InChI is InChI=1S/C17H22N4O2/c1-12-5-6-14-13(11-12)16(22)15(19-20(14)2)17(23)18-7-10-21-8-3-4-9-21/h5-6,11H,3-4,7-10H2,1-2H3,(H,18,23). The van der Waals surface area contributed by atoms with Crippen LogP contribution in [0, 0.1) is 6.92 Å². The van der Waals surface area contributed by atoms with Crippen molar-refractivity contribution in [3.63, 3.8) is 0 Å². The van der Waals surface area contributed by atoms with E-state index in [0.29, 0.717) is 11.9 Å². The van der Waals surface area contributed by atoms with Crippen LogP contribution in [0.25, 0.3) is 10.9 Å². The number of hydrogen-bond donors (Lipinski definition) is 1. The normalized spacial score (nSPS) is 15.2. The van der Waals surface area contributed by atoms with Gasteiger partial charge in [0.25, 0.3) is 5.91 Å². The van der Waals surface area contributed by atoms with Crippen LogP contribution in [-0.4, -0.2) is 46.8 Å². The summed E-state index contributed by atoms with van der Waals surface area (Å²) in [7, 11) is 1.75. The van der Waals surface area contributed by atoms with E-state index in [0.717, 1.165) is 30.7 Å². The molecule has 0 atom stereocenters. The fourth-order valence-corrected chi connectivity index (χ4v) is 3.06. The van der Waals surface area contributed by atoms with Gasteiger partial charge in [-0.3, -0.25) is 14.3 Å². The summed E-state index contributed by atoms with van der Waals surface area (Å²) in [5, 5.41) is 7.51. The van der Waals surface area contributed by atoms with Gasteiger partial charge in [-0.05, 0) is 45.0 Å². The lowest BCUT2D eigenvalue weighted by atomic mass is 10.1. The van der Waals surface area contributed by atoms with Gasteiger partial charge in [-0.25, -0.2) is 0 Å². The van der Waals surface area contributed by atoms with Gasteiger partial charge in [0.05, 0.1) is 10.9 Å². The number of carbonyl (C=O) groups excluding carboxylic acids is 1. The summed E-state index contributed by atoms with van der Waals surface area (Å²) in [4.78, 5) is 27.2. The molecule has 2 heterocycles. The predicted molar refractivity (Wildman–Crippen MR) is 89.7 cm³/mol. The Bertz CT molecular complexity index is 791. The number of fused-ring (bicyclic) bond motifs is 1. The zero-order chi connectivity index (χ0) is 16.4. The second kappa shape index (κ2) is 6.50. The van der Waals surface area contributed by atoms with E-state index in [1.165, 1.54) is 12.8 Å². The summed E-state index contributed by atoms with van der Waals surface area (Å²) in [6, 6.07) is 5.59. The molecule has 0 bridgehead atoms. The minimum atomic E-state index is -0.395. The predicted octanol–water partition coefficient (Wildman–Crippen LogP) is 1.07. The Balaban J connectivity index is 1.79. The Morgan fingerprint density at radius 2 is 2.04 bits per heavy atom. The number of rotatable bonds is 4. The highest BCUT2D eigenvalue weighted by Gasteiger charge is 2.17. The molecule has 0 unspecified atom stereocenters. The lowest BCUT2D eigenvalue weighted by molar-refractivity contribution is 0.0942. The Morgan fingerprint density at radius 1 is 1.30 bits per heavy atom. The molecular formula is C17H22N4O2. The van der Waals surface area contributed by atoms with E-state index >= 15 is 0 Å². The van der Waals surface area contributed by atoms with Crippen LogP contribution in [0.2, 0.25) is 0 Å². The number of nitrogens with one attached hydrogen (secondary N) is 1. The van der Waals surface area contributed by atoms with Gasteiger partial charge < -0.3 is 10.2 Å². The van der Waals surface area contributed by atoms with Gasteiger partial charge in [-0.1, -0.05) is 11.6 Å². The number of likely N-dealkylation sites (tertiary alicyclic amines) is 1. The van der Waals surface area contributed by atoms with Crippen molar-refractivity contribution in [2.75, 3.05) is 26.2 Å². The Kier molecular flexibility index (Phi) is 4.43. The number of amides is 1. The monoisotopic (exact) mass is 314 g/mol. The van der Waals surface area contributed by atoms with Gasteiger partial charge in [0, 0.05) is 20.1 Å². The first-order chi connectivity index (χ1) is 11.1. The highest BCUT2D eigenvalue weighted by molar-refractivity contribution is 5.95. The van der Waals surface area contributed by atoms with E-state index in [9.17, 15) is 9.59 Å². The Hall–Kier alpha value is -2.21. The highest BCUT2D eigenvalue weighted by atomic mass is 16.2. The summed E-state index contributed by atoms with van der Waals surface area (Å²) in [5.74, 6) is -0.395. The van der Waals surface area contributed by atoms with Crippen molar-refractivity contribution in [2.45, 2.75) is 19.8 Å². The topological polar surface area (TPSA) is 67.2 Å². The van der Waals surface area contributed by atoms with Crippen molar-refractivity contribution in [3.05, 3.63) is 39.7 Å². The second-order valence-electron chi connectivity index (χ2n) is 6.13. The molecule has 1 fully saturated rings. The number of nitrogens with zero attached hydrogens (tertiary/aromatic N) is 3. The molecule has 2 aromatic rings. The highest BCUT2D eigenvalue weighted by Crippen LogP contribution is 2.11. The lowest BCUT2D eigenvalue weighted by Gasteiger charge is -2.14. The van der Waals surface area contributed by atoms with Crippen molar-refractivity contribution in [2.24, 2.45) is 7.05 Å². The molecule has 6 nitrogen and oxygen atoms in total. The van der Waals surface area contributed by atoms with Gasteiger partial charge in [0.1, 0.15) is 0 Å². The van der Waals surface area contributed by atoms with Gasteiger partial charge >= 0.3 is 0 Å². The van der Waals surface area contributed by atoms with Gasteiger partial charge in [0.2, 0.25) is 5.43 Å². The van der Waals surface area contributed by atoms with Crippen molar-refractivity contribution in [1.29, 1.82) is 0 Å². The molecule has 3 rings (SSSR count). The third-order valence-corrected chi connectivity index (χ3v) is 4.34. The molecule has 1 amide bonds. The van der Waals surface area contributed by atoms with E-state index in [1.807, 2.05) is 19.1 Å². The maximum Gasteiger partial charge on any atom is 0.275 e. The minimum absolute atomic E-state index is 0.0352. The van der Waals surface area contributed by atoms with Gasteiger partial charge in [-0.15, -0.1) is 0 Å². The molecule has 1 aromatic heterocycles. The summed E-state index contributed by atoms with van der Waals surface area (Å²) in [5.41, 5.74) is 1.38. The third-order valence-electron chi connectivity index (χ3n) is 4.34. The number of benzene rings is 1. The zero-order valence-corrected chi connectivity index (χ0v) is 13.6. The van der Waals surface area contributed by atoms with Gasteiger partial charge in [-0.2, -0.15) is 5.10 Å². The van der Waals surface area contributed by atoms with Crippen LogP contribution in [-0.2, 0) is 7.05 Å². The molecule has 0 spiro atoms. The first-order valence-corrected chi connectivity index (χ1v) is 8.04. The van der Waals surface area contributed by atoms with Crippen LogP contribution in [0.1, 0.15) is 28.9 Å². The number of aromatic nitrogens is 2. The van der Waals surface area contributed by atoms with Crippen molar-refractivity contribution in [3.8, 4) is 0 Å². The van der Waals surface area contributed by atoms with Crippen molar-refractivity contribution in [1.82, 2.24) is 20.0 Å². The number of carbonyl (C=O) groups is 1. The average Bonchev–Trinajstić information content (AvgIpc) is 3.04. The second-order valence-corrected chi connectivity index (χ2v) is 6.13. The van der Waals surface area contributed by atoms with E-state index < -0.39 is 5.91 Å². The summed E-state index contributed by atoms with van der Waals surface area (Å²) in [6.07, 6.45) is 2.44. The molecule has 122 valence electrons. The maximum atomic E-state index is 12.5. The fourth-order valence-electron chi connectivity index (χ4n) is 3.06. The quantitative estimate of drug-likeness (QED) is 0.916. The van der Waals surface area contributed by atoms with Crippen molar-refractivity contribution < 1.29 is 4.79 Å². The van der Waals surface area contributed by atoms with Crippen molar-refractivity contribution >= 4 is 16.8 Å². The number of hydrogen-bond acceptors (Lipinski definition) is 4. The molecular weight excluding hydrogens is 292 g/mol. The SMILES string of the molecule is Cc1ccc2c(c1)c(=O)c(C(=O)NCCN1CCCC1)nn2C. The maximum absolute atomic E-state index is 12.5. The van der Waals surface area contributed by atoms with Crippen LogP contribution >= 0.6 is 0 Å². The molecule has 1 aliphatic heterocycles. The lowest BCUT2D eigenvalue weighted by Crippen LogP contribution is -2.36. The van der Waals surface area contributed by atoms with Crippen LogP contribution in [0.4, 0.5) is 0 Å². The molecule has 1 aromatic carbocycles. The van der Waals surface area contributed by atoms with Crippen LogP contribution in [0.15, 0.2) is 23.0 Å². The minimum Gasteiger partial charge on any atom is -0.349 e. The van der Waals surface area contributed by atoms with E-state index in [1.54, 1.807) is 17.8 Å². The molecule has 1 N–H and O–H groups in total. The van der Waals surface area contributed by atoms with Crippen LogP contribution in [0.5, 0.6) is 0 Å². The fraction of sp³-hybridized carbons (Fsp3) is 0.471. The molecule has 6 heteroatoms. The average molecular weight is 314 g/mol. The molecule has 0 aliphatic carbocycles.